The van der Waals surface area contributed by atoms with Gasteiger partial charge in [-0.3, -0.25) is 10.1 Å². The van der Waals surface area contributed by atoms with Gasteiger partial charge in [0, 0.05) is 17.6 Å². The number of aromatic nitrogens is 2. The molecule has 0 bridgehead atoms. The molecule has 94 valence electrons. The van der Waals surface area contributed by atoms with Gasteiger partial charge in [-0.15, -0.1) is 5.10 Å². The lowest BCUT2D eigenvalue weighted by Gasteiger charge is -2.07. The minimum atomic E-state index is -0.445. The summed E-state index contributed by atoms with van der Waals surface area (Å²) in [6.45, 7) is 1.77. The van der Waals surface area contributed by atoms with Crippen molar-refractivity contribution in [2.45, 2.75) is 13.5 Å². The highest BCUT2D eigenvalue weighted by atomic mass is 35.5. The van der Waals surface area contributed by atoms with Gasteiger partial charge >= 0.3 is 0 Å². The Morgan fingerprint density at radius 1 is 1.56 bits per heavy atom. The summed E-state index contributed by atoms with van der Waals surface area (Å²) in [7, 11) is 0. The zero-order valence-corrected chi connectivity index (χ0v) is 10.9. The Bertz CT molecular complexity index is 587. The first-order valence-electron chi connectivity index (χ1n) is 4.93. The molecule has 0 saturated carbocycles. The minimum absolute atomic E-state index is 0.0231. The number of ether oxygens (including phenoxy) is 1. The zero-order chi connectivity index (χ0) is 13.1. The van der Waals surface area contributed by atoms with Crippen LogP contribution in [0.15, 0.2) is 18.2 Å². The normalized spacial score (nSPS) is 10.3. The molecule has 0 amide bonds. The van der Waals surface area contributed by atoms with E-state index in [0.717, 1.165) is 11.5 Å². The Hall–Kier alpha value is -1.73. The average molecular weight is 286 g/mol. The molecule has 8 heteroatoms. The molecule has 18 heavy (non-hydrogen) atoms. The van der Waals surface area contributed by atoms with Gasteiger partial charge in [-0.2, -0.15) is 0 Å². The van der Waals surface area contributed by atoms with Gasteiger partial charge in [0.2, 0.25) is 0 Å². The van der Waals surface area contributed by atoms with E-state index in [1.54, 1.807) is 19.1 Å². The van der Waals surface area contributed by atoms with Crippen molar-refractivity contribution in [3.63, 3.8) is 0 Å². The maximum Gasteiger partial charge on any atom is 0.276 e. The summed E-state index contributed by atoms with van der Waals surface area (Å²) in [6.07, 6.45) is 0. The van der Waals surface area contributed by atoms with E-state index in [9.17, 15) is 10.1 Å². The van der Waals surface area contributed by atoms with E-state index in [0.29, 0.717) is 21.3 Å². The number of halogens is 1. The molecule has 1 aromatic heterocycles. The summed E-state index contributed by atoms with van der Waals surface area (Å²) in [6, 6.07) is 4.66. The number of hydrogen-bond donors (Lipinski definition) is 0. The summed E-state index contributed by atoms with van der Waals surface area (Å²) < 4.78 is 9.60. The topological polar surface area (TPSA) is 78.2 Å². The van der Waals surface area contributed by atoms with Crippen LogP contribution in [0, 0.1) is 17.0 Å². The summed E-state index contributed by atoms with van der Waals surface area (Å²) in [5.74, 6) is 0.438. The Labute approximate surface area is 111 Å². The van der Waals surface area contributed by atoms with E-state index < -0.39 is 4.92 Å². The number of rotatable bonds is 4. The summed E-state index contributed by atoms with van der Waals surface area (Å²) >= 11 is 6.90. The molecule has 0 aliphatic heterocycles. The zero-order valence-electron chi connectivity index (χ0n) is 9.29. The Kier molecular flexibility index (Phi) is 3.73. The van der Waals surface area contributed by atoms with Crippen molar-refractivity contribution in [3.8, 4) is 5.75 Å². The number of nitro benzene ring substituents is 1. The second-order valence-corrected chi connectivity index (χ2v) is 4.80. The van der Waals surface area contributed by atoms with Gasteiger partial charge in [0.05, 0.1) is 10.5 Å². The van der Waals surface area contributed by atoms with E-state index in [2.05, 4.69) is 9.59 Å². The van der Waals surface area contributed by atoms with Crippen molar-refractivity contribution in [2.75, 3.05) is 0 Å². The van der Waals surface area contributed by atoms with E-state index in [4.69, 9.17) is 16.3 Å². The van der Waals surface area contributed by atoms with Crippen LogP contribution in [0.5, 0.6) is 5.75 Å². The van der Waals surface area contributed by atoms with Crippen LogP contribution in [0.1, 0.15) is 11.3 Å². The third-order valence-corrected chi connectivity index (χ3v) is 3.31. The molecule has 0 N–H and O–H groups in total. The SMILES string of the molecule is Cc1c(OCc2nnsc2Cl)cccc1[N+](=O)[O-]. The first kappa shape index (κ1) is 12.7. The standard InChI is InChI=1S/C10H8ClN3O3S/c1-6-8(14(15)16)3-2-4-9(6)17-5-7-10(11)18-13-12-7/h2-4H,5H2,1H3. The van der Waals surface area contributed by atoms with Gasteiger partial charge in [-0.25, -0.2) is 0 Å². The third-order valence-electron chi connectivity index (χ3n) is 2.33. The first-order valence-corrected chi connectivity index (χ1v) is 6.08. The second kappa shape index (κ2) is 5.28. The highest BCUT2D eigenvalue weighted by Gasteiger charge is 2.15. The lowest BCUT2D eigenvalue weighted by molar-refractivity contribution is -0.385. The number of hydrogen-bond acceptors (Lipinski definition) is 6. The van der Waals surface area contributed by atoms with Crippen LogP contribution in [0.3, 0.4) is 0 Å². The summed E-state index contributed by atoms with van der Waals surface area (Å²) in [5, 5.41) is 14.6. The predicted octanol–water partition coefficient (Wildman–Crippen LogP) is 2.99. The number of nitrogens with zero attached hydrogens (tertiary/aromatic N) is 3. The van der Waals surface area contributed by atoms with Crippen LogP contribution in [0.4, 0.5) is 5.69 Å². The highest BCUT2D eigenvalue weighted by molar-refractivity contribution is 7.10. The average Bonchev–Trinajstić information content (AvgIpc) is 2.73. The molecular formula is C10H8ClN3O3S. The monoisotopic (exact) mass is 285 g/mol. The Balaban J connectivity index is 2.17. The van der Waals surface area contributed by atoms with Gasteiger partial charge < -0.3 is 4.74 Å². The fourth-order valence-corrected chi connectivity index (χ4v) is 1.99. The first-order chi connectivity index (χ1) is 8.59. The molecule has 0 fully saturated rings. The molecule has 0 unspecified atom stereocenters. The van der Waals surface area contributed by atoms with Gasteiger partial charge in [0.25, 0.3) is 5.69 Å². The highest BCUT2D eigenvalue weighted by Crippen LogP contribution is 2.28. The van der Waals surface area contributed by atoms with Crippen molar-refractivity contribution < 1.29 is 9.66 Å². The van der Waals surface area contributed by atoms with Crippen LogP contribution in [0.25, 0.3) is 0 Å². The number of nitro groups is 1. The van der Waals surface area contributed by atoms with Crippen LogP contribution >= 0.6 is 23.1 Å². The van der Waals surface area contributed by atoms with Crippen molar-refractivity contribution >= 4 is 28.8 Å². The molecule has 6 nitrogen and oxygen atoms in total. The maximum atomic E-state index is 10.8. The van der Waals surface area contributed by atoms with E-state index in [-0.39, 0.29) is 12.3 Å². The van der Waals surface area contributed by atoms with Gasteiger partial charge in [0.15, 0.2) is 0 Å². The molecule has 0 atom stereocenters. The fraction of sp³-hybridized carbons (Fsp3) is 0.200. The van der Waals surface area contributed by atoms with Crippen LogP contribution in [0.2, 0.25) is 4.34 Å². The minimum Gasteiger partial charge on any atom is -0.487 e. The van der Waals surface area contributed by atoms with Crippen molar-refractivity contribution in [1.82, 2.24) is 9.59 Å². The van der Waals surface area contributed by atoms with Crippen LogP contribution < -0.4 is 4.74 Å². The van der Waals surface area contributed by atoms with Crippen LogP contribution in [-0.4, -0.2) is 14.5 Å². The largest absolute Gasteiger partial charge is 0.487 e. The summed E-state index contributed by atoms with van der Waals surface area (Å²) in [4.78, 5) is 10.3. The lowest BCUT2D eigenvalue weighted by Crippen LogP contribution is -2.00. The molecule has 2 aromatic rings. The third kappa shape index (κ3) is 2.57. The van der Waals surface area contributed by atoms with Gasteiger partial charge in [-0.05, 0) is 13.0 Å². The molecule has 0 radical (unpaired) electrons. The molecule has 0 aliphatic rings. The maximum absolute atomic E-state index is 10.8. The quantitative estimate of drug-likeness (QED) is 0.637. The molecular weight excluding hydrogens is 278 g/mol. The summed E-state index contributed by atoms with van der Waals surface area (Å²) in [5.41, 5.74) is 1.02. The lowest BCUT2D eigenvalue weighted by atomic mass is 10.2. The number of benzene rings is 1. The Morgan fingerprint density at radius 3 is 2.94 bits per heavy atom. The van der Waals surface area contributed by atoms with Gasteiger partial charge in [0.1, 0.15) is 22.4 Å². The van der Waals surface area contributed by atoms with Crippen molar-refractivity contribution in [2.24, 2.45) is 0 Å². The second-order valence-electron chi connectivity index (χ2n) is 3.44. The molecule has 0 aliphatic carbocycles. The molecule has 0 spiro atoms. The van der Waals surface area contributed by atoms with Crippen molar-refractivity contribution in [3.05, 3.63) is 43.9 Å². The Morgan fingerprint density at radius 2 is 2.33 bits per heavy atom. The molecule has 2 rings (SSSR count). The predicted molar refractivity (Wildman–Crippen MR) is 67.1 cm³/mol. The smallest absolute Gasteiger partial charge is 0.276 e. The van der Waals surface area contributed by atoms with E-state index in [1.165, 1.54) is 6.07 Å². The molecule has 0 saturated heterocycles. The van der Waals surface area contributed by atoms with Crippen molar-refractivity contribution in [1.29, 1.82) is 0 Å². The molecule has 1 heterocycles. The van der Waals surface area contributed by atoms with E-state index >= 15 is 0 Å². The van der Waals surface area contributed by atoms with Gasteiger partial charge in [-0.1, -0.05) is 22.2 Å². The van der Waals surface area contributed by atoms with Crippen LogP contribution in [-0.2, 0) is 6.61 Å². The fourth-order valence-electron chi connectivity index (χ4n) is 1.39. The van der Waals surface area contributed by atoms with E-state index in [1.807, 2.05) is 0 Å². The molecule has 1 aromatic carbocycles.